The molecule has 1 rings (SSSR count). The highest BCUT2D eigenvalue weighted by Crippen LogP contribution is 2.24. The van der Waals surface area contributed by atoms with Crippen molar-refractivity contribution in [2.75, 3.05) is 0 Å². The van der Waals surface area contributed by atoms with E-state index in [2.05, 4.69) is 0 Å². The van der Waals surface area contributed by atoms with Gasteiger partial charge in [0.2, 0.25) is 0 Å². The molecule has 1 aromatic carbocycles. The number of carbonyl (C=O) groups is 1. The van der Waals surface area contributed by atoms with E-state index in [4.69, 9.17) is 4.74 Å². The lowest BCUT2D eigenvalue weighted by molar-refractivity contribution is -0.00298. The quantitative estimate of drug-likeness (QED) is 0.346. The summed E-state index contributed by atoms with van der Waals surface area (Å²) >= 11 is 1.30. The van der Waals surface area contributed by atoms with Crippen molar-refractivity contribution in [2.24, 2.45) is 0 Å². The Balaban J connectivity index is 3.15. The second-order valence-corrected chi connectivity index (χ2v) is 5.43. The van der Waals surface area contributed by atoms with Crippen LogP contribution in [0.5, 0.6) is 0 Å². The maximum Gasteiger partial charge on any atom is 0.341 e. The van der Waals surface area contributed by atoms with Crippen molar-refractivity contribution in [1.29, 1.82) is 0 Å². The molecule has 0 atom stereocenters. The monoisotopic (exact) mass is 372 g/mol. The maximum atomic E-state index is 13.7. The Morgan fingerprint density at radius 2 is 1.89 bits per heavy atom. The van der Waals surface area contributed by atoms with Crippen molar-refractivity contribution >= 4 is 28.6 Å². The predicted molar refractivity (Wildman–Crippen MR) is 68.8 cm³/mol. The van der Waals surface area contributed by atoms with Crippen LogP contribution in [0.25, 0.3) is 0 Å². The minimum atomic E-state index is -1.31. The first-order valence-corrected chi connectivity index (χ1v) is 6.34. The third-order valence-electron chi connectivity index (χ3n) is 2.54. The number of hydrogen-bond donors (Lipinski definition) is 0. The minimum absolute atomic E-state index is 0.515. The molecule has 0 heterocycles. The van der Waals surface area contributed by atoms with Gasteiger partial charge in [-0.15, -0.1) is 0 Å². The summed E-state index contributed by atoms with van der Waals surface area (Å²) in [5, 5.41) is 0. The van der Waals surface area contributed by atoms with Crippen LogP contribution in [0.15, 0.2) is 6.07 Å². The lowest BCUT2D eigenvalue weighted by atomic mass is 10.1. The molecule has 1 aromatic rings. The fraction of sp³-hybridized carbons (Fsp3) is 0.417. The molecule has 18 heavy (non-hydrogen) atoms. The van der Waals surface area contributed by atoms with Crippen LogP contribution in [0.3, 0.4) is 0 Å². The number of esters is 1. The molecule has 100 valence electrons. The first-order valence-electron chi connectivity index (χ1n) is 5.26. The molecule has 6 heteroatoms. The molecule has 2 nitrogen and oxygen atoms in total. The SMILES string of the molecule is CCC(C)(C)OC(=O)c1cc(F)c(F)c(I)c1F. The van der Waals surface area contributed by atoms with Crippen LogP contribution < -0.4 is 0 Å². The van der Waals surface area contributed by atoms with Crippen LogP contribution in [0, 0.1) is 21.0 Å². The number of benzene rings is 1. The van der Waals surface area contributed by atoms with E-state index in [0.29, 0.717) is 12.5 Å². The first kappa shape index (κ1) is 15.3. The molecule has 0 aliphatic heterocycles. The van der Waals surface area contributed by atoms with Crippen LogP contribution in [0.1, 0.15) is 37.6 Å². The highest BCUT2D eigenvalue weighted by molar-refractivity contribution is 14.1. The number of halogens is 4. The van der Waals surface area contributed by atoms with E-state index < -0.39 is 38.2 Å². The van der Waals surface area contributed by atoms with Crippen LogP contribution in [-0.4, -0.2) is 11.6 Å². The van der Waals surface area contributed by atoms with Crippen LogP contribution in [0.4, 0.5) is 13.2 Å². The van der Waals surface area contributed by atoms with Gasteiger partial charge in [0.05, 0.1) is 9.13 Å². The summed E-state index contributed by atoms with van der Waals surface area (Å²) in [6.45, 7) is 5.08. The average Bonchev–Trinajstić information content (AvgIpc) is 2.30. The number of carbonyl (C=O) groups excluding carboxylic acids is 1. The molecule has 0 fully saturated rings. The minimum Gasteiger partial charge on any atom is -0.456 e. The van der Waals surface area contributed by atoms with Gasteiger partial charge in [-0.3, -0.25) is 0 Å². The summed E-state index contributed by atoms with van der Waals surface area (Å²) < 4.78 is 44.3. The zero-order valence-corrected chi connectivity index (χ0v) is 12.3. The molecule has 0 radical (unpaired) electrons. The van der Waals surface area contributed by atoms with Crippen molar-refractivity contribution in [3.05, 3.63) is 32.7 Å². The molecule has 0 amide bonds. The smallest absolute Gasteiger partial charge is 0.341 e. The normalized spacial score (nSPS) is 11.5. The van der Waals surface area contributed by atoms with E-state index in [9.17, 15) is 18.0 Å². The third-order valence-corrected chi connectivity index (χ3v) is 3.49. The van der Waals surface area contributed by atoms with Gasteiger partial charge in [-0.1, -0.05) is 6.92 Å². The second kappa shape index (κ2) is 5.46. The van der Waals surface area contributed by atoms with Gasteiger partial charge >= 0.3 is 5.97 Å². The first-order chi connectivity index (χ1) is 8.19. The summed E-state index contributed by atoms with van der Waals surface area (Å²) in [6.07, 6.45) is 0.515. The van der Waals surface area contributed by atoms with E-state index in [1.807, 2.05) is 0 Å². The number of rotatable bonds is 3. The van der Waals surface area contributed by atoms with Crippen LogP contribution >= 0.6 is 22.6 Å². The van der Waals surface area contributed by atoms with E-state index in [1.165, 1.54) is 22.6 Å². The predicted octanol–water partition coefficient (Wildman–Crippen LogP) is 4.05. The fourth-order valence-corrected chi connectivity index (χ4v) is 1.65. The zero-order valence-electron chi connectivity index (χ0n) is 10.1. The standard InChI is InChI=1S/C12H12F3IO2/c1-4-12(2,3)18-11(17)6-5-7(13)9(15)10(16)8(6)14/h5H,4H2,1-3H3. The number of hydrogen-bond acceptors (Lipinski definition) is 2. The molecule has 0 saturated heterocycles. The molecule has 0 unspecified atom stereocenters. The lowest BCUT2D eigenvalue weighted by Gasteiger charge is -2.23. The Morgan fingerprint density at radius 1 is 1.33 bits per heavy atom. The molecular formula is C12H12F3IO2. The Kier molecular flexibility index (Phi) is 4.63. The molecule has 0 bridgehead atoms. The van der Waals surface area contributed by atoms with E-state index in [1.54, 1.807) is 20.8 Å². The van der Waals surface area contributed by atoms with Gasteiger partial charge in [0.15, 0.2) is 17.5 Å². The van der Waals surface area contributed by atoms with Crippen molar-refractivity contribution in [1.82, 2.24) is 0 Å². The Hall–Kier alpha value is -0.790. The van der Waals surface area contributed by atoms with E-state index in [0.717, 1.165) is 0 Å². The molecule has 0 saturated carbocycles. The third kappa shape index (κ3) is 3.15. The van der Waals surface area contributed by atoms with Gasteiger partial charge in [0.1, 0.15) is 5.60 Å². The Labute approximate surface area is 117 Å². The summed E-state index contributed by atoms with van der Waals surface area (Å²) in [5.41, 5.74) is -1.39. The maximum absolute atomic E-state index is 13.7. The second-order valence-electron chi connectivity index (χ2n) is 4.35. The van der Waals surface area contributed by atoms with Gasteiger partial charge in [-0.2, -0.15) is 0 Å². The summed E-state index contributed by atoms with van der Waals surface area (Å²) in [6, 6.07) is 0.515. The van der Waals surface area contributed by atoms with Crippen LogP contribution in [-0.2, 0) is 4.74 Å². The van der Waals surface area contributed by atoms with Gasteiger partial charge in [-0.25, -0.2) is 18.0 Å². The highest BCUT2D eigenvalue weighted by Gasteiger charge is 2.27. The lowest BCUT2D eigenvalue weighted by Crippen LogP contribution is -2.27. The molecular weight excluding hydrogens is 360 g/mol. The Morgan fingerprint density at radius 3 is 2.39 bits per heavy atom. The molecule has 0 aromatic heterocycles. The largest absolute Gasteiger partial charge is 0.456 e. The van der Waals surface area contributed by atoms with Crippen molar-refractivity contribution < 1.29 is 22.7 Å². The van der Waals surface area contributed by atoms with Gasteiger partial charge in [0, 0.05) is 0 Å². The van der Waals surface area contributed by atoms with Gasteiger partial charge in [0.25, 0.3) is 0 Å². The molecule has 0 aliphatic carbocycles. The summed E-state index contributed by atoms with van der Waals surface area (Å²) in [7, 11) is 0. The molecule has 0 spiro atoms. The van der Waals surface area contributed by atoms with Crippen molar-refractivity contribution in [2.45, 2.75) is 32.8 Å². The van der Waals surface area contributed by atoms with Crippen molar-refractivity contribution in [3.8, 4) is 0 Å². The summed E-state index contributed by atoms with van der Waals surface area (Å²) in [5.74, 6) is -4.69. The number of ether oxygens (including phenoxy) is 1. The van der Waals surface area contributed by atoms with Gasteiger partial charge < -0.3 is 4.74 Å². The van der Waals surface area contributed by atoms with E-state index in [-0.39, 0.29) is 0 Å². The Bertz CT molecular complexity index is 487. The van der Waals surface area contributed by atoms with Crippen LogP contribution in [0.2, 0.25) is 0 Å². The van der Waals surface area contributed by atoms with Crippen molar-refractivity contribution in [3.63, 3.8) is 0 Å². The zero-order chi connectivity index (χ0) is 14.1. The fourth-order valence-electron chi connectivity index (χ4n) is 1.10. The molecule has 0 aliphatic rings. The topological polar surface area (TPSA) is 26.3 Å². The van der Waals surface area contributed by atoms with E-state index >= 15 is 0 Å². The molecule has 0 N–H and O–H groups in total. The highest BCUT2D eigenvalue weighted by atomic mass is 127. The average molecular weight is 372 g/mol. The van der Waals surface area contributed by atoms with Gasteiger partial charge in [-0.05, 0) is 48.9 Å². The summed E-state index contributed by atoms with van der Waals surface area (Å²) in [4.78, 5) is 11.7.